The van der Waals surface area contributed by atoms with Gasteiger partial charge in [-0.3, -0.25) is 4.79 Å². The first-order chi connectivity index (χ1) is 9.61. The van der Waals surface area contributed by atoms with E-state index in [2.05, 4.69) is 15.4 Å². The Labute approximate surface area is 116 Å². The number of methoxy groups -OCH3 is 1. The maximum absolute atomic E-state index is 13.5. The van der Waals surface area contributed by atoms with Crippen molar-refractivity contribution in [1.29, 1.82) is 0 Å². The highest BCUT2D eigenvalue weighted by Crippen LogP contribution is 2.17. The lowest BCUT2D eigenvalue weighted by molar-refractivity contribution is -0.118. The van der Waals surface area contributed by atoms with Gasteiger partial charge in [0.15, 0.2) is 0 Å². The number of rotatable bonds is 3. The van der Waals surface area contributed by atoms with Crippen LogP contribution in [0.5, 0.6) is 0 Å². The van der Waals surface area contributed by atoms with Gasteiger partial charge in [-0.25, -0.2) is 9.18 Å². The number of hydrogen-bond acceptors (Lipinski definition) is 4. The number of benzene rings is 1. The maximum Gasteiger partial charge on any atom is 0.340 e. The lowest BCUT2D eigenvalue weighted by atomic mass is 10.0. The van der Waals surface area contributed by atoms with Crippen molar-refractivity contribution < 1.29 is 18.7 Å². The van der Waals surface area contributed by atoms with Gasteiger partial charge in [-0.05, 0) is 37.6 Å². The Balaban J connectivity index is 2.09. The van der Waals surface area contributed by atoms with Crippen molar-refractivity contribution in [3.05, 3.63) is 29.6 Å². The van der Waals surface area contributed by atoms with E-state index in [9.17, 15) is 14.0 Å². The Morgan fingerprint density at radius 3 is 2.85 bits per heavy atom. The molecule has 20 heavy (non-hydrogen) atoms. The Hall–Kier alpha value is -1.95. The maximum atomic E-state index is 13.5. The number of esters is 1. The minimum Gasteiger partial charge on any atom is -0.465 e. The second-order valence-electron chi connectivity index (χ2n) is 4.68. The van der Waals surface area contributed by atoms with Crippen LogP contribution in [-0.2, 0) is 9.53 Å². The van der Waals surface area contributed by atoms with E-state index in [1.165, 1.54) is 19.2 Å². The van der Waals surface area contributed by atoms with Crippen molar-refractivity contribution in [2.24, 2.45) is 0 Å². The van der Waals surface area contributed by atoms with Crippen LogP contribution in [0, 0.1) is 5.82 Å². The molecular weight excluding hydrogens is 263 g/mol. The summed E-state index contributed by atoms with van der Waals surface area (Å²) >= 11 is 0. The number of piperidine rings is 1. The molecule has 1 atom stereocenters. The molecule has 1 aliphatic heterocycles. The quantitative estimate of drug-likeness (QED) is 0.827. The number of amides is 1. The number of carbonyl (C=O) groups is 2. The summed E-state index contributed by atoms with van der Waals surface area (Å²) in [6.07, 6.45) is 2.84. The third kappa shape index (κ3) is 3.33. The third-order valence-electron chi connectivity index (χ3n) is 3.27. The summed E-state index contributed by atoms with van der Waals surface area (Å²) in [6, 6.07) is 3.59. The van der Waals surface area contributed by atoms with Gasteiger partial charge in [0.05, 0.1) is 18.7 Å². The van der Waals surface area contributed by atoms with E-state index in [1.54, 1.807) is 0 Å². The molecule has 2 rings (SSSR count). The lowest BCUT2D eigenvalue weighted by Gasteiger charge is -2.22. The summed E-state index contributed by atoms with van der Waals surface area (Å²) in [6.45, 7) is 0.814. The zero-order valence-corrected chi connectivity index (χ0v) is 11.2. The van der Waals surface area contributed by atoms with Gasteiger partial charge in [0.1, 0.15) is 5.82 Å². The van der Waals surface area contributed by atoms with Gasteiger partial charge in [0.25, 0.3) is 0 Å². The van der Waals surface area contributed by atoms with Gasteiger partial charge in [0.2, 0.25) is 5.91 Å². The zero-order chi connectivity index (χ0) is 14.5. The average Bonchev–Trinajstić information content (AvgIpc) is 2.49. The molecule has 0 spiro atoms. The Morgan fingerprint density at radius 1 is 1.40 bits per heavy atom. The topological polar surface area (TPSA) is 67.4 Å². The molecule has 0 unspecified atom stereocenters. The molecule has 1 amide bonds. The monoisotopic (exact) mass is 280 g/mol. The molecule has 0 radical (unpaired) electrons. The van der Waals surface area contributed by atoms with Gasteiger partial charge in [-0.2, -0.15) is 0 Å². The number of halogens is 1. The van der Waals surface area contributed by atoms with Gasteiger partial charge in [-0.15, -0.1) is 0 Å². The third-order valence-corrected chi connectivity index (χ3v) is 3.27. The van der Waals surface area contributed by atoms with E-state index in [0.717, 1.165) is 31.9 Å². The molecule has 5 nitrogen and oxygen atoms in total. The molecule has 0 bridgehead atoms. The number of nitrogens with one attached hydrogen (secondary N) is 2. The highest BCUT2D eigenvalue weighted by Gasteiger charge is 2.21. The zero-order valence-electron chi connectivity index (χ0n) is 11.2. The van der Waals surface area contributed by atoms with Crippen LogP contribution in [0.1, 0.15) is 29.6 Å². The predicted molar refractivity (Wildman–Crippen MR) is 72.0 cm³/mol. The van der Waals surface area contributed by atoms with Crippen molar-refractivity contribution >= 4 is 17.6 Å². The predicted octanol–water partition coefficient (Wildman–Crippen LogP) is 1.69. The Kier molecular flexibility index (Phi) is 4.68. The lowest BCUT2D eigenvalue weighted by Crippen LogP contribution is -2.43. The number of carbonyl (C=O) groups excluding carboxylic acids is 2. The van der Waals surface area contributed by atoms with Gasteiger partial charge in [-0.1, -0.05) is 6.42 Å². The molecule has 0 saturated carbocycles. The van der Waals surface area contributed by atoms with Gasteiger partial charge >= 0.3 is 5.97 Å². The van der Waals surface area contributed by atoms with E-state index >= 15 is 0 Å². The number of hydrogen-bond donors (Lipinski definition) is 2. The molecule has 1 saturated heterocycles. The van der Waals surface area contributed by atoms with Gasteiger partial charge in [0, 0.05) is 5.69 Å². The normalized spacial score (nSPS) is 18.4. The van der Waals surface area contributed by atoms with Crippen molar-refractivity contribution in [2.75, 3.05) is 19.0 Å². The SMILES string of the molecule is COC(=O)c1cc(NC(=O)[C@@H]2CCCCN2)ccc1F. The van der Waals surface area contributed by atoms with E-state index in [-0.39, 0.29) is 17.5 Å². The van der Waals surface area contributed by atoms with Crippen molar-refractivity contribution in [2.45, 2.75) is 25.3 Å². The summed E-state index contributed by atoms with van der Waals surface area (Å²) in [7, 11) is 1.18. The minimum absolute atomic E-state index is 0.174. The van der Waals surface area contributed by atoms with Crippen LogP contribution in [0.2, 0.25) is 0 Å². The molecule has 6 heteroatoms. The van der Waals surface area contributed by atoms with Gasteiger partial charge < -0.3 is 15.4 Å². The van der Waals surface area contributed by atoms with Crippen LogP contribution in [0.3, 0.4) is 0 Å². The first-order valence-corrected chi connectivity index (χ1v) is 6.54. The summed E-state index contributed by atoms with van der Waals surface area (Å²) in [5, 5.41) is 5.80. The Bertz CT molecular complexity index is 513. The highest BCUT2D eigenvalue weighted by molar-refractivity contribution is 5.97. The van der Waals surface area contributed by atoms with Crippen LogP contribution >= 0.6 is 0 Å². The molecule has 2 N–H and O–H groups in total. The largest absolute Gasteiger partial charge is 0.465 e. The van der Waals surface area contributed by atoms with Crippen molar-refractivity contribution in [1.82, 2.24) is 5.32 Å². The summed E-state index contributed by atoms with van der Waals surface area (Å²) in [5.41, 5.74) is 0.186. The van der Waals surface area contributed by atoms with E-state index in [4.69, 9.17) is 0 Å². The first kappa shape index (κ1) is 14.5. The van der Waals surface area contributed by atoms with Crippen LogP contribution in [0.4, 0.5) is 10.1 Å². The second-order valence-corrected chi connectivity index (χ2v) is 4.68. The summed E-state index contributed by atoms with van der Waals surface area (Å²) in [4.78, 5) is 23.4. The molecule has 1 aromatic carbocycles. The number of anilines is 1. The summed E-state index contributed by atoms with van der Waals surface area (Å²) in [5.74, 6) is -1.62. The Morgan fingerprint density at radius 2 is 2.20 bits per heavy atom. The highest BCUT2D eigenvalue weighted by atomic mass is 19.1. The summed E-state index contributed by atoms with van der Waals surface area (Å²) < 4.78 is 18.0. The minimum atomic E-state index is -0.769. The van der Waals surface area contributed by atoms with Crippen LogP contribution in [0.25, 0.3) is 0 Å². The van der Waals surface area contributed by atoms with E-state index in [1.807, 2.05) is 0 Å². The van der Waals surface area contributed by atoms with Crippen LogP contribution in [-0.4, -0.2) is 31.6 Å². The standard InChI is InChI=1S/C14H17FN2O3/c1-20-14(19)10-8-9(5-6-11(10)15)17-13(18)12-4-2-3-7-16-12/h5-6,8,12,16H,2-4,7H2,1H3,(H,17,18)/t12-/m0/s1. The fourth-order valence-electron chi connectivity index (χ4n) is 2.17. The van der Waals surface area contributed by atoms with Crippen LogP contribution < -0.4 is 10.6 Å². The molecule has 1 aromatic rings. The fourth-order valence-corrected chi connectivity index (χ4v) is 2.17. The van der Waals surface area contributed by atoms with E-state index in [0.29, 0.717) is 5.69 Å². The number of ether oxygens (including phenoxy) is 1. The smallest absolute Gasteiger partial charge is 0.340 e. The molecule has 0 aliphatic carbocycles. The molecule has 0 aromatic heterocycles. The van der Waals surface area contributed by atoms with Crippen molar-refractivity contribution in [3.63, 3.8) is 0 Å². The van der Waals surface area contributed by atoms with E-state index < -0.39 is 11.8 Å². The molecule has 1 fully saturated rings. The molecule has 1 aliphatic rings. The molecular formula is C14H17FN2O3. The molecule has 1 heterocycles. The second kappa shape index (κ2) is 6.47. The van der Waals surface area contributed by atoms with Crippen molar-refractivity contribution in [3.8, 4) is 0 Å². The first-order valence-electron chi connectivity index (χ1n) is 6.54. The average molecular weight is 280 g/mol. The molecule has 108 valence electrons. The van der Waals surface area contributed by atoms with Crippen LogP contribution in [0.15, 0.2) is 18.2 Å². The fraction of sp³-hybridized carbons (Fsp3) is 0.429.